The predicted molar refractivity (Wildman–Crippen MR) is 84.8 cm³/mol. The molecule has 1 fully saturated rings. The average molecular weight is 314 g/mol. The standard InChI is InChI=1S/C16H30N2O4/c1-7-12-10-17-9-8-16(12,13(19)20)18(11(2)3)14(21)22-15(4,5)6/h11-12,17H,7-10H2,1-6H3,(H,19,20). The molecule has 0 aromatic carbocycles. The highest BCUT2D eigenvalue weighted by molar-refractivity contribution is 5.85. The van der Waals surface area contributed by atoms with Crippen LogP contribution in [0.4, 0.5) is 4.79 Å². The fourth-order valence-electron chi connectivity index (χ4n) is 3.26. The van der Waals surface area contributed by atoms with Crippen LogP contribution in [-0.2, 0) is 9.53 Å². The quantitative estimate of drug-likeness (QED) is 0.833. The van der Waals surface area contributed by atoms with E-state index in [2.05, 4.69) is 5.32 Å². The second kappa shape index (κ2) is 6.86. The number of hydrogen-bond donors (Lipinski definition) is 2. The number of carboxylic acid groups (broad SMARTS) is 1. The van der Waals surface area contributed by atoms with Gasteiger partial charge in [0.05, 0.1) is 0 Å². The zero-order valence-electron chi connectivity index (χ0n) is 14.6. The molecule has 0 aromatic heterocycles. The van der Waals surface area contributed by atoms with Crippen molar-refractivity contribution in [2.45, 2.75) is 71.6 Å². The predicted octanol–water partition coefficient (Wildman–Crippen LogP) is 2.47. The number of nitrogens with zero attached hydrogens (tertiary/aromatic N) is 1. The Hall–Kier alpha value is -1.30. The first kappa shape index (κ1) is 18.7. The van der Waals surface area contributed by atoms with E-state index in [1.54, 1.807) is 20.8 Å². The Balaban J connectivity index is 3.28. The lowest BCUT2D eigenvalue weighted by Gasteiger charge is -2.49. The van der Waals surface area contributed by atoms with Crippen molar-refractivity contribution < 1.29 is 19.4 Å². The highest BCUT2D eigenvalue weighted by Crippen LogP contribution is 2.36. The Bertz CT molecular complexity index is 417. The second-order valence-electron chi connectivity index (χ2n) is 7.23. The van der Waals surface area contributed by atoms with Crippen LogP contribution in [0, 0.1) is 5.92 Å². The molecule has 2 N–H and O–H groups in total. The summed E-state index contributed by atoms with van der Waals surface area (Å²) < 4.78 is 5.49. The van der Waals surface area contributed by atoms with Gasteiger partial charge in [0.15, 0.2) is 0 Å². The molecule has 2 unspecified atom stereocenters. The summed E-state index contributed by atoms with van der Waals surface area (Å²) in [5.74, 6) is -1.09. The summed E-state index contributed by atoms with van der Waals surface area (Å²) in [6, 6.07) is -0.252. The van der Waals surface area contributed by atoms with Gasteiger partial charge < -0.3 is 15.2 Å². The van der Waals surface area contributed by atoms with E-state index in [9.17, 15) is 14.7 Å². The normalized spacial score (nSPS) is 25.9. The minimum atomic E-state index is -1.21. The first-order valence-corrected chi connectivity index (χ1v) is 8.02. The first-order valence-electron chi connectivity index (χ1n) is 8.02. The van der Waals surface area contributed by atoms with Crippen LogP contribution in [0.1, 0.15) is 54.4 Å². The van der Waals surface area contributed by atoms with Gasteiger partial charge in [-0.3, -0.25) is 4.90 Å². The molecule has 22 heavy (non-hydrogen) atoms. The molecule has 0 aromatic rings. The van der Waals surface area contributed by atoms with Crippen molar-refractivity contribution in [3.05, 3.63) is 0 Å². The number of carbonyl (C=O) groups excluding carboxylic acids is 1. The molecule has 1 aliphatic heterocycles. The van der Waals surface area contributed by atoms with Crippen LogP contribution in [0.5, 0.6) is 0 Å². The molecule has 1 amide bonds. The van der Waals surface area contributed by atoms with E-state index in [1.165, 1.54) is 4.90 Å². The molecule has 0 radical (unpaired) electrons. The van der Waals surface area contributed by atoms with Crippen molar-refractivity contribution >= 4 is 12.1 Å². The maximum atomic E-state index is 12.7. The van der Waals surface area contributed by atoms with Crippen LogP contribution in [-0.4, -0.2) is 52.3 Å². The van der Waals surface area contributed by atoms with Gasteiger partial charge in [-0.2, -0.15) is 0 Å². The molecule has 1 saturated heterocycles. The van der Waals surface area contributed by atoms with E-state index in [4.69, 9.17) is 4.74 Å². The van der Waals surface area contributed by atoms with Gasteiger partial charge in [-0.25, -0.2) is 9.59 Å². The number of carboxylic acids is 1. The molecule has 0 aliphatic carbocycles. The second-order valence-corrected chi connectivity index (χ2v) is 7.23. The summed E-state index contributed by atoms with van der Waals surface area (Å²) >= 11 is 0. The van der Waals surface area contributed by atoms with Crippen LogP contribution in [0.15, 0.2) is 0 Å². The number of ether oxygens (including phenoxy) is 1. The van der Waals surface area contributed by atoms with Crippen molar-refractivity contribution in [3.63, 3.8) is 0 Å². The van der Waals surface area contributed by atoms with Gasteiger partial charge in [0.25, 0.3) is 0 Å². The molecule has 0 saturated carbocycles. The van der Waals surface area contributed by atoms with Crippen LogP contribution in [0.25, 0.3) is 0 Å². The molecule has 2 atom stereocenters. The Morgan fingerprint density at radius 1 is 1.41 bits per heavy atom. The fraction of sp³-hybridized carbons (Fsp3) is 0.875. The first-order chi connectivity index (χ1) is 10.1. The van der Waals surface area contributed by atoms with Crippen molar-refractivity contribution in [1.29, 1.82) is 0 Å². The molecule has 1 heterocycles. The van der Waals surface area contributed by atoms with Crippen molar-refractivity contribution in [1.82, 2.24) is 10.2 Å². The minimum Gasteiger partial charge on any atom is -0.479 e. The fourth-order valence-corrected chi connectivity index (χ4v) is 3.26. The van der Waals surface area contributed by atoms with Crippen LogP contribution in [0.3, 0.4) is 0 Å². The van der Waals surface area contributed by atoms with Crippen LogP contribution >= 0.6 is 0 Å². The molecule has 128 valence electrons. The zero-order valence-corrected chi connectivity index (χ0v) is 14.6. The number of nitrogens with one attached hydrogen (secondary N) is 1. The van der Waals surface area contributed by atoms with E-state index in [1.807, 2.05) is 20.8 Å². The Morgan fingerprint density at radius 3 is 2.41 bits per heavy atom. The lowest BCUT2D eigenvalue weighted by molar-refractivity contribution is -0.159. The largest absolute Gasteiger partial charge is 0.479 e. The van der Waals surface area contributed by atoms with E-state index >= 15 is 0 Å². The van der Waals surface area contributed by atoms with Gasteiger partial charge in [0.2, 0.25) is 0 Å². The van der Waals surface area contributed by atoms with Crippen molar-refractivity contribution in [2.75, 3.05) is 13.1 Å². The van der Waals surface area contributed by atoms with Gasteiger partial charge in [-0.15, -0.1) is 0 Å². The number of piperidine rings is 1. The minimum absolute atomic E-state index is 0.145. The maximum Gasteiger partial charge on any atom is 0.411 e. The lowest BCUT2D eigenvalue weighted by atomic mass is 9.75. The third-order valence-electron chi connectivity index (χ3n) is 4.15. The third-order valence-corrected chi connectivity index (χ3v) is 4.15. The van der Waals surface area contributed by atoms with E-state index in [-0.39, 0.29) is 12.0 Å². The molecule has 1 rings (SSSR count). The summed E-state index contributed by atoms with van der Waals surface area (Å²) in [4.78, 5) is 26.3. The molecule has 0 spiro atoms. The SMILES string of the molecule is CCC1CNCCC1(C(=O)O)N(C(=O)OC(C)(C)C)C(C)C. The number of amides is 1. The zero-order chi connectivity index (χ0) is 17.1. The molecule has 6 nitrogen and oxygen atoms in total. The number of hydrogen-bond acceptors (Lipinski definition) is 4. The van der Waals surface area contributed by atoms with Gasteiger partial charge in [-0.05, 0) is 54.0 Å². The summed E-state index contributed by atoms with van der Waals surface area (Å²) in [5.41, 5.74) is -1.87. The lowest BCUT2D eigenvalue weighted by Crippen LogP contribution is -2.68. The van der Waals surface area contributed by atoms with Crippen LogP contribution < -0.4 is 5.32 Å². The van der Waals surface area contributed by atoms with E-state index < -0.39 is 23.2 Å². The number of aliphatic carboxylic acids is 1. The molecule has 1 aliphatic rings. The number of carbonyl (C=O) groups is 2. The smallest absolute Gasteiger partial charge is 0.411 e. The Morgan fingerprint density at radius 2 is 2.00 bits per heavy atom. The maximum absolute atomic E-state index is 12.7. The summed E-state index contributed by atoms with van der Waals surface area (Å²) in [7, 11) is 0. The summed E-state index contributed by atoms with van der Waals surface area (Å²) in [5, 5.41) is 13.2. The topological polar surface area (TPSA) is 78.9 Å². The van der Waals surface area contributed by atoms with Gasteiger partial charge in [0, 0.05) is 18.5 Å². The molecular formula is C16H30N2O4. The van der Waals surface area contributed by atoms with Crippen LogP contribution in [0.2, 0.25) is 0 Å². The van der Waals surface area contributed by atoms with Gasteiger partial charge in [0.1, 0.15) is 11.1 Å². The Labute approximate surface area is 133 Å². The monoisotopic (exact) mass is 314 g/mol. The number of rotatable bonds is 4. The molecule has 6 heteroatoms. The highest BCUT2D eigenvalue weighted by atomic mass is 16.6. The van der Waals surface area contributed by atoms with E-state index in [0.29, 0.717) is 25.9 Å². The van der Waals surface area contributed by atoms with Crippen molar-refractivity contribution in [2.24, 2.45) is 5.92 Å². The van der Waals surface area contributed by atoms with Crippen molar-refractivity contribution in [3.8, 4) is 0 Å². The molecule has 0 bridgehead atoms. The summed E-state index contributed by atoms with van der Waals surface area (Å²) in [6.45, 7) is 12.2. The molecular weight excluding hydrogens is 284 g/mol. The van der Waals surface area contributed by atoms with Gasteiger partial charge in [-0.1, -0.05) is 6.92 Å². The van der Waals surface area contributed by atoms with Gasteiger partial charge >= 0.3 is 12.1 Å². The highest BCUT2D eigenvalue weighted by Gasteiger charge is 2.54. The van der Waals surface area contributed by atoms with E-state index in [0.717, 1.165) is 0 Å². The average Bonchev–Trinajstić information content (AvgIpc) is 2.36. The Kier molecular flexibility index (Phi) is 5.84. The third kappa shape index (κ3) is 3.72. The summed E-state index contributed by atoms with van der Waals surface area (Å²) in [6.07, 6.45) is 0.522.